The van der Waals surface area contributed by atoms with Gasteiger partial charge in [-0.15, -0.1) is 0 Å². The van der Waals surface area contributed by atoms with Crippen LogP contribution in [0.15, 0.2) is 18.2 Å². The Bertz CT molecular complexity index is 532. The molecule has 21 heavy (non-hydrogen) atoms. The number of hydrogen-bond acceptors (Lipinski definition) is 2. The topological polar surface area (TPSA) is 20.3 Å². The van der Waals surface area contributed by atoms with Crippen LogP contribution < -0.4 is 0 Å². The first-order valence-electron chi connectivity index (χ1n) is 6.60. The fraction of sp³-hybridized carbons (Fsp3) is 0.500. The van der Waals surface area contributed by atoms with Crippen molar-refractivity contribution in [3.8, 4) is 0 Å². The summed E-state index contributed by atoms with van der Waals surface area (Å²) >= 11 is 1.72. The Morgan fingerprint density at radius 1 is 1.43 bits per heavy atom. The Labute approximate surface area is 124 Å². The lowest BCUT2D eigenvalue weighted by Crippen LogP contribution is -2.42. The first-order valence-corrected chi connectivity index (χ1v) is 7.65. The van der Waals surface area contributed by atoms with Gasteiger partial charge >= 0.3 is 6.18 Å². The standard InChI is InChI=1S/C14H15F4NOS/c1-2-10-8-19(5-6-21-10)13(20)11-7-9(14(16,17)18)3-4-12(11)15/h3-4,7,10H,2,5-6,8H2,1H3. The second-order valence-corrected chi connectivity index (χ2v) is 6.25. The highest BCUT2D eigenvalue weighted by Gasteiger charge is 2.33. The van der Waals surface area contributed by atoms with Gasteiger partial charge in [0.1, 0.15) is 5.82 Å². The molecule has 1 aliphatic rings. The van der Waals surface area contributed by atoms with Gasteiger partial charge in [-0.05, 0) is 24.6 Å². The van der Waals surface area contributed by atoms with Crippen molar-refractivity contribution in [2.45, 2.75) is 24.8 Å². The molecule has 1 aromatic carbocycles. The van der Waals surface area contributed by atoms with Crippen LogP contribution in [0.3, 0.4) is 0 Å². The van der Waals surface area contributed by atoms with Gasteiger partial charge in [0, 0.05) is 24.1 Å². The fourth-order valence-electron chi connectivity index (χ4n) is 2.19. The molecule has 1 heterocycles. The van der Waals surface area contributed by atoms with Crippen LogP contribution in [0.25, 0.3) is 0 Å². The van der Waals surface area contributed by atoms with Crippen molar-refractivity contribution in [1.29, 1.82) is 0 Å². The largest absolute Gasteiger partial charge is 0.416 e. The highest BCUT2D eigenvalue weighted by atomic mass is 32.2. The number of carbonyl (C=O) groups excluding carboxylic acids is 1. The molecule has 0 aromatic heterocycles. The average Bonchev–Trinajstić information content (AvgIpc) is 2.46. The van der Waals surface area contributed by atoms with Crippen LogP contribution in [0, 0.1) is 5.82 Å². The fourth-order valence-corrected chi connectivity index (χ4v) is 3.37. The zero-order valence-corrected chi connectivity index (χ0v) is 12.2. The monoisotopic (exact) mass is 321 g/mol. The molecule has 0 radical (unpaired) electrons. The van der Waals surface area contributed by atoms with Gasteiger partial charge in [0.25, 0.3) is 5.91 Å². The summed E-state index contributed by atoms with van der Waals surface area (Å²) < 4.78 is 51.7. The molecule has 0 N–H and O–H groups in total. The third-order valence-corrected chi connectivity index (χ3v) is 4.78. The Kier molecular flexibility index (Phi) is 4.81. The molecule has 0 saturated carbocycles. The van der Waals surface area contributed by atoms with Crippen molar-refractivity contribution in [1.82, 2.24) is 4.90 Å². The van der Waals surface area contributed by atoms with Crippen LogP contribution in [0.4, 0.5) is 17.6 Å². The average molecular weight is 321 g/mol. The van der Waals surface area contributed by atoms with E-state index in [0.717, 1.165) is 6.42 Å². The van der Waals surface area contributed by atoms with Crippen LogP contribution in [0.2, 0.25) is 0 Å². The molecule has 1 unspecified atom stereocenters. The predicted molar refractivity (Wildman–Crippen MR) is 73.8 cm³/mol. The van der Waals surface area contributed by atoms with Crippen molar-refractivity contribution in [2.24, 2.45) is 0 Å². The lowest BCUT2D eigenvalue weighted by atomic mass is 10.1. The van der Waals surface area contributed by atoms with Crippen LogP contribution in [0.1, 0.15) is 29.3 Å². The van der Waals surface area contributed by atoms with Crippen molar-refractivity contribution in [3.05, 3.63) is 35.1 Å². The molecule has 1 aliphatic heterocycles. The van der Waals surface area contributed by atoms with Crippen molar-refractivity contribution >= 4 is 17.7 Å². The molecule has 0 aliphatic carbocycles. The van der Waals surface area contributed by atoms with Crippen LogP contribution >= 0.6 is 11.8 Å². The molecule has 7 heteroatoms. The summed E-state index contributed by atoms with van der Waals surface area (Å²) in [5.74, 6) is -0.873. The minimum atomic E-state index is -4.59. The first kappa shape index (κ1) is 16.1. The van der Waals surface area contributed by atoms with Gasteiger partial charge in [-0.3, -0.25) is 4.79 Å². The van der Waals surface area contributed by atoms with E-state index in [4.69, 9.17) is 0 Å². The quantitative estimate of drug-likeness (QED) is 0.772. The maximum Gasteiger partial charge on any atom is 0.416 e. The van der Waals surface area contributed by atoms with E-state index in [2.05, 4.69) is 0 Å². The summed E-state index contributed by atoms with van der Waals surface area (Å²) in [6, 6.07) is 1.94. The predicted octanol–water partition coefficient (Wildman–Crippen LogP) is 3.81. The van der Waals surface area contributed by atoms with E-state index in [1.165, 1.54) is 4.90 Å². The Morgan fingerprint density at radius 3 is 2.76 bits per heavy atom. The van der Waals surface area contributed by atoms with E-state index in [9.17, 15) is 22.4 Å². The molecule has 0 bridgehead atoms. The number of benzene rings is 1. The summed E-state index contributed by atoms with van der Waals surface area (Å²) in [6.07, 6.45) is -3.73. The van der Waals surface area contributed by atoms with Crippen molar-refractivity contribution in [3.63, 3.8) is 0 Å². The number of amides is 1. The van der Waals surface area contributed by atoms with E-state index in [1.54, 1.807) is 11.8 Å². The molecule has 1 saturated heterocycles. The molecule has 1 amide bonds. The Hall–Kier alpha value is -1.24. The molecule has 1 atom stereocenters. The van der Waals surface area contributed by atoms with E-state index in [-0.39, 0.29) is 5.25 Å². The van der Waals surface area contributed by atoms with Gasteiger partial charge in [0.15, 0.2) is 0 Å². The molecular formula is C14H15F4NOS. The third kappa shape index (κ3) is 3.70. The number of halogens is 4. The minimum Gasteiger partial charge on any atom is -0.337 e. The van der Waals surface area contributed by atoms with Crippen LogP contribution in [-0.4, -0.2) is 34.9 Å². The molecular weight excluding hydrogens is 306 g/mol. The molecule has 2 rings (SSSR count). The van der Waals surface area contributed by atoms with Gasteiger partial charge < -0.3 is 4.90 Å². The first-order chi connectivity index (χ1) is 9.82. The number of alkyl halides is 3. The summed E-state index contributed by atoms with van der Waals surface area (Å²) in [4.78, 5) is 13.7. The number of carbonyl (C=O) groups is 1. The summed E-state index contributed by atoms with van der Waals surface area (Å²) in [5.41, 5.74) is -1.52. The summed E-state index contributed by atoms with van der Waals surface area (Å²) in [5, 5.41) is 0.247. The van der Waals surface area contributed by atoms with E-state index in [0.29, 0.717) is 37.0 Å². The zero-order chi connectivity index (χ0) is 15.6. The van der Waals surface area contributed by atoms with E-state index in [1.807, 2.05) is 6.92 Å². The molecule has 2 nitrogen and oxygen atoms in total. The van der Waals surface area contributed by atoms with Crippen molar-refractivity contribution < 1.29 is 22.4 Å². The zero-order valence-electron chi connectivity index (χ0n) is 11.4. The Balaban J connectivity index is 2.26. The van der Waals surface area contributed by atoms with Crippen LogP contribution in [0.5, 0.6) is 0 Å². The van der Waals surface area contributed by atoms with E-state index >= 15 is 0 Å². The minimum absolute atomic E-state index is 0.247. The number of nitrogens with zero attached hydrogens (tertiary/aromatic N) is 1. The maximum atomic E-state index is 13.7. The summed E-state index contributed by atoms with van der Waals surface area (Å²) in [7, 11) is 0. The second kappa shape index (κ2) is 6.25. The SMILES string of the molecule is CCC1CN(C(=O)c2cc(C(F)(F)F)ccc2F)CCS1. The van der Waals surface area contributed by atoms with Crippen LogP contribution in [-0.2, 0) is 6.18 Å². The van der Waals surface area contributed by atoms with Gasteiger partial charge in [-0.1, -0.05) is 6.92 Å². The van der Waals surface area contributed by atoms with E-state index < -0.39 is 29.0 Å². The Morgan fingerprint density at radius 2 is 2.14 bits per heavy atom. The molecule has 116 valence electrons. The second-order valence-electron chi connectivity index (χ2n) is 4.84. The lowest BCUT2D eigenvalue weighted by Gasteiger charge is -2.32. The van der Waals surface area contributed by atoms with Gasteiger partial charge in [-0.2, -0.15) is 24.9 Å². The highest BCUT2D eigenvalue weighted by Crippen LogP contribution is 2.31. The van der Waals surface area contributed by atoms with Gasteiger partial charge in [0.05, 0.1) is 11.1 Å². The smallest absolute Gasteiger partial charge is 0.337 e. The van der Waals surface area contributed by atoms with Gasteiger partial charge in [0.2, 0.25) is 0 Å². The maximum absolute atomic E-state index is 13.7. The summed E-state index contributed by atoms with van der Waals surface area (Å²) in [6.45, 7) is 2.85. The molecule has 1 aromatic rings. The molecule has 1 fully saturated rings. The van der Waals surface area contributed by atoms with Crippen molar-refractivity contribution in [2.75, 3.05) is 18.8 Å². The number of rotatable bonds is 2. The number of hydrogen-bond donors (Lipinski definition) is 0. The highest BCUT2D eigenvalue weighted by molar-refractivity contribution is 8.00. The normalized spacial score (nSPS) is 19.7. The lowest BCUT2D eigenvalue weighted by molar-refractivity contribution is -0.137. The number of thioether (sulfide) groups is 1. The van der Waals surface area contributed by atoms with Gasteiger partial charge in [-0.25, -0.2) is 4.39 Å². The third-order valence-electron chi connectivity index (χ3n) is 3.41. The molecule has 0 spiro atoms.